The molecule has 0 aromatic carbocycles. The van der Waals surface area contributed by atoms with Gasteiger partial charge in [0.15, 0.2) is 0 Å². The van der Waals surface area contributed by atoms with Gasteiger partial charge in [-0.2, -0.15) is 0 Å². The summed E-state index contributed by atoms with van der Waals surface area (Å²) in [5, 5.41) is 8.84. The quantitative estimate of drug-likeness (QED) is 0.730. The number of carbonyl (C=O) groups is 1. The van der Waals surface area contributed by atoms with Gasteiger partial charge in [0, 0.05) is 12.6 Å². The Kier molecular flexibility index (Phi) is 2.30. The molecule has 14 heavy (non-hydrogen) atoms. The summed E-state index contributed by atoms with van der Waals surface area (Å²) in [5.74, 6) is -0.652. The standard InChI is InChI=1S/C11H19NO2/c1-8(2)12-4-3-11(7-12)5-9(6-11)10(13)14/h8-9H,3-7H2,1-2H3,(H,13,14). The normalized spacial score (nSPS) is 37.8. The molecule has 1 aliphatic carbocycles. The molecular formula is C11H19NO2. The van der Waals surface area contributed by atoms with Crippen molar-refractivity contribution in [2.45, 2.75) is 39.2 Å². The van der Waals surface area contributed by atoms with Crippen LogP contribution in [0.2, 0.25) is 0 Å². The predicted molar refractivity (Wildman–Crippen MR) is 54.1 cm³/mol. The molecule has 1 heterocycles. The lowest BCUT2D eigenvalue weighted by Crippen LogP contribution is -2.43. The zero-order valence-electron chi connectivity index (χ0n) is 8.99. The van der Waals surface area contributed by atoms with Crippen LogP contribution >= 0.6 is 0 Å². The summed E-state index contributed by atoms with van der Waals surface area (Å²) in [6, 6.07) is 0.609. The van der Waals surface area contributed by atoms with Gasteiger partial charge in [0.25, 0.3) is 0 Å². The fourth-order valence-corrected chi connectivity index (χ4v) is 2.90. The number of carboxylic acids is 1. The Labute approximate surface area is 85.1 Å². The fraction of sp³-hybridized carbons (Fsp3) is 0.909. The summed E-state index contributed by atoms with van der Waals surface area (Å²) in [6.45, 7) is 6.71. The van der Waals surface area contributed by atoms with Gasteiger partial charge in [-0.3, -0.25) is 4.79 Å². The summed E-state index contributed by atoms with van der Waals surface area (Å²) < 4.78 is 0. The lowest BCUT2D eigenvalue weighted by molar-refractivity contribution is -0.149. The molecule has 3 heteroatoms. The van der Waals surface area contributed by atoms with Crippen LogP contribution in [0.1, 0.15) is 33.1 Å². The highest BCUT2D eigenvalue weighted by molar-refractivity contribution is 5.71. The van der Waals surface area contributed by atoms with Gasteiger partial charge >= 0.3 is 5.97 Å². The van der Waals surface area contributed by atoms with E-state index in [9.17, 15) is 4.79 Å². The highest BCUT2D eigenvalue weighted by Gasteiger charge is 2.50. The molecule has 0 aromatic heterocycles. The molecule has 0 unspecified atom stereocenters. The Morgan fingerprint density at radius 3 is 2.57 bits per heavy atom. The van der Waals surface area contributed by atoms with Crippen molar-refractivity contribution in [3.05, 3.63) is 0 Å². The first-order valence-electron chi connectivity index (χ1n) is 5.49. The van der Waals surface area contributed by atoms with E-state index in [-0.39, 0.29) is 5.92 Å². The first-order valence-corrected chi connectivity index (χ1v) is 5.49. The Morgan fingerprint density at radius 1 is 1.50 bits per heavy atom. The zero-order chi connectivity index (χ0) is 10.3. The second kappa shape index (κ2) is 3.23. The Balaban J connectivity index is 1.88. The third kappa shape index (κ3) is 1.54. The van der Waals surface area contributed by atoms with Crippen molar-refractivity contribution >= 4 is 5.97 Å². The van der Waals surface area contributed by atoms with Crippen LogP contribution < -0.4 is 0 Å². The summed E-state index contributed by atoms with van der Waals surface area (Å²) in [7, 11) is 0. The van der Waals surface area contributed by atoms with E-state index in [1.165, 1.54) is 6.42 Å². The maximum Gasteiger partial charge on any atom is 0.306 e. The molecule has 0 aromatic rings. The van der Waals surface area contributed by atoms with Crippen molar-refractivity contribution in [3.63, 3.8) is 0 Å². The molecule has 80 valence electrons. The van der Waals surface area contributed by atoms with E-state index >= 15 is 0 Å². The van der Waals surface area contributed by atoms with Crippen molar-refractivity contribution in [1.82, 2.24) is 4.90 Å². The van der Waals surface area contributed by atoms with Gasteiger partial charge in [-0.1, -0.05) is 0 Å². The number of nitrogens with zero attached hydrogens (tertiary/aromatic N) is 1. The molecule has 1 N–H and O–H groups in total. The van der Waals surface area contributed by atoms with Crippen LogP contribution in [0.5, 0.6) is 0 Å². The average molecular weight is 197 g/mol. The largest absolute Gasteiger partial charge is 0.481 e. The number of carboxylic acid groups (broad SMARTS) is 1. The van der Waals surface area contributed by atoms with E-state index in [2.05, 4.69) is 18.7 Å². The second-order valence-electron chi connectivity index (χ2n) is 5.26. The molecule has 1 spiro atoms. The maximum atomic E-state index is 10.7. The highest BCUT2D eigenvalue weighted by atomic mass is 16.4. The van der Waals surface area contributed by atoms with E-state index < -0.39 is 5.97 Å². The lowest BCUT2D eigenvalue weighted by Gasteiger charge is -2.43. The number of hydrogen-bond acceptors (Lipinski definition) is 2. The number of hydrogen-bond donors (Lipinski definition) is 1. The molecule has 2 aliphatic rings. The molecule has 0 radical (unpaired) electrons. The van der Waals surface area contributed by atoms with E-state index in [1.807, 2.05) is 0 Å². The lowest BCUT2D eigenvalue weighted by atomic mass is 9.61. The fourth-order valence-electron chi connectivity index (χ4n) is 2.90. The Hall–Kier alpha value is -0.570. The third-order valence-electron chi connectivity index (χ3n) is 3.91. The molecule has 2 rings (SSSR count). The van der Waals surface area contributed by atoms with Crippen LogP contribution in [-0.4, -0.2) is 35.1 Å². The molecular weight excluding hydrogens is 178 g/mol. The van der Waals surface area contributed by atoms with E-state index in [0.29, 0.717) is 11.5 Å². The van der Waals surface area contributed by atoms with Crippen molar-refractivity contribution in [2.24, 2.45) is 11.3 Å². The molecule has 1 saturated heterocycles. The minimum absolute atomic E-state index is 0.0536. The summed E-state index contributed by atoms with van der Waals surface area (Å²) in [4.78, 5) is 13.2. The molecule has 1 saturated carbocycles. The zero-order valence-corrected chi connectivity index (χ0v) is 8.99. The summed E-state index contributed by atoms with van der Waals surface area (Å²) in [6.07, 6.45) is 3.02. The predicted octanol–water partition coefficient (Wildman–Crippen LogP) is 1.58. The Bertz CT molecular complexity index is 244. The van der Waals surface area contributed by atoms with Gasteiger partial charge < -0.3 is 10.0 Å². The molecule has 0 atom stereocenters. The molecule has 2 fully saturated rings. The summed E-state index contributed by atoms with van der Waals surface area (Å²) >= 11 is 0. The van der Waals surface area contributed by atoms with Gasteiger partial charge in [0.05, 0.1) is 5.92 Å². The van der Waals surface area contributed by atoms with Gasteiger partial charge in [-0.25, -0.2) is 0 Å². The average Bonchev–Trinajstić information content (AvgIpc) is 2.44. The van der Waals surface area contributed by atoms with E-state index in [1.54, 1.807) is 0 Å². The first-order chi connectivity index (χ1) is 6.52. The molecule has 3 nitrogen and oxygen atoms in total. The van der Waals surface area contributed by atoms with Gasteiger partial charge in [0.2, 0.25) is 0 Å². The van der Waals surface area contributed by atoms with Crippen molar-refractivity contribution in [2.75, 3.05) is 13.1 Å². The van der Waals surface area contributed by atoms with Crippen molar-refractivity contribution in [1.29, 1.82) is 0 Å². The van der Waals surface area contributed by atoms with Gasteiger partial charge in [-0.15, -0.1) is 0 Å². The third-order valence-corrected chi connectivity index (χ3v) is 3.91. The second-order valence-corrected chi connectivity index (χ2v) is 5.26. The minimum atomic E-state index is -0.598. The summed E-state index contributed by atoms with van der Waals surface area (Å²) in [5.41, 5.74) is 0.368. The SMILES string of the molecule is CC(C)N1CCC2(CC(C(=O)O)C2)C1. The van der Waals surface area contributed by atoms with Crippen molar-refractivity contribution in [3.8, 4) is 0 Å². The number of likely N-dealkylation sites (tertiary alicyclic amines) is 1. The molecule has 0 bridgehead atoms. The highest BCUT2D eigenvalue weighted by Crippen LogP contribution is 2.52. The topological polar surface area (TPSA) is 40.5 Å². The van der Waals surface area contributed by atoms with Crippen molar-refractivity contribution < 1.29 is 9.90 Å². The van der Waals surface area contributed by atoms with Crippen LogP contribution in [0, 0.1) is 11.3 Å². The van der Waals surface area contributed by atoms with Gasteiger partial charge in [-0.05, 0) is 45.1 Å². The monoisotopic (exact) mass is 197 g/mol. The van der Waals surface area contributed by atoms with Crippen LogP contribution in [0.4, 0.5) is 0 Å². The van der Waals surface area contributed by atoms with Crippen LogP contribution in [0.3, 0.4) is 0 Å². The van der Waals surface area contributed by atoms with Gasteiger partial charge in [0.1, 0.15) is 0 Å². The van der Waals surface area contributed by atoms with Crippen LogP contribution in [0.25, 0.3) is 0 Å². The molecule has 0 amide bonds. The maximum absolute atomic E-state index is 10.7. The first kappa shape index (κ1) is 9.97. The smallest absolute Gasteiger partial charge is 0.306 e. The van der Waals surface area contributed by atoms with E-state index in [0.717, 1.165) is 25.9 Å². The van der Waals surface area contributed by atoms with Crippen LogP contribution in [0.15, 0.2) is 0 Å². The minimum Gasteiger partial charge on any atom is -0.481 e. The number of rotatable bonds is 2. The van der Waals surface area contributed by atoms with E-state index in [4.69, 9.17) is 5.11 Å². The molecule has 1 aliphatic heterocycles. The number of aliphatic carboxylic acids is 1. The Morgan fingerprint density at radius 2 is 2.14 bits per heavy atom. The van der Waals surface area contributed by atoms with Crippen LogP contribution in [-0.2, 0) is 4.79 Å².